The zero-order valence-corrected chi connectivity index (χ0v) is 20.2. The molecular weight excluding hydrogens is 469 g/mol. The molecule has 3 aromatic carbocycles. The predicted molar refractivity (Wildman–Crippen MR) is 137 cm³/mol. The summed E-state index contributed by atoms with van der Waals surface area (Å²) >= 11 is 2.87. The first-order valence-corrected chi connectivity index (χ1v) is 12.3. The molecule has 2 amide bonds. The zero-order chi connectivity index (χ0) is 24.1. The molecule has 0 fully saturated rings. The monoisotopic (exact) mass is 491 g/mol. The maximum absolute atomic E-state index is 13.0. The maximum Gasteiger partial charge on any atom is 0.255 e. The van der Waals surface area contributed by atoms with Gasteiger partial charge < -0.3 is 10.6 Å². The van der Waals surface area contributed by atoms with Gasteiger partial charge in [0, 0.05) is 26.6 Å². The first kappa shape index (κ1) is 23.7. The minimum atomic E-state index is -0.391. The molecule has 5 nitrogen and oxygen atoms in total. The van der Waals surface area contributed by atoms with Crippen LogP contribution >= 0.6 is 23.1 Å². The molecule has 1 heterocycles. The van der Waals surface area contributed by atoms with Crippen LogP contribution in [0.25, 0.3) is 11.3 Å². The SMILES string of the molecule is Cc1sc(NC(=O)C(C)Sc2ccc(NC(=O)c3ccc(F)cc3)cc2)nc1-c1ccccc1. The number of carbonyl (C=O) groups excluding carboxylic acids is 2. The second-order valence-electron chi connectivity index (χ2n) is 7.52. The molecule has 4 rings (SSSR count). The molecule has 0 radical (unpaired) electrons. The van der Waals surface area contributed by atoms with Crippen molar-refractivity contribution in [2.75, 3.05) is 10.6 Å². The quantitative estimate of drug-likeness (QED) is 0.285. The average Bonchev–Trinajstić information content (AvgIpc) is 3.21. The predicted octanol–water partition coefficient (Wildman–Crippen LogP) is 6.63. The van der Waals surface area contributed by atoms with Crippen molar-refractivity contribution < 1.29 is 14.0 Å². The fourth-order valence-electron chi connectivity index (χ4n) is 3.20. The molecule has 1 aromatic heterocycles. The number of halogens is 1. The standard InChI is InChI=1S/C26H22FN3O2S2/c1-16-23(18-6-4-3-5-7-18)29-26(34-16)30-24(31)17(2)33-22-14-12-21(13-15-22)28-25(32)19-8-10-20(27)11-9-19/h3-15,17H,1-2H3,(H,28,32)(H,29,30,31). The molecule has 0 aliphatic rings. The van der Waals surface area contributed by atoms with E-state index >= 15 is 0 Å². The van der Waals surface area contributed by atoms with Gasteiger partial charge in [0.15, 0.2) is 5.13 Å². The lowest BCUT2D eigenvalue weighted by molar-refractivity contribution is -0.115. The van der Waals surface area contributed by atoms with E-state index in [4.69, 9.17) is 0 Å². The zero-order valence-electron chi connectivity index (χ0n) is 18.5. The van der Waals surface area contributed by atoms with Crippen molar-refractivity contribution >= 4 is 45.7 Å². The van der Waals surface area contributed by atoms with Crippen LogP contribution in [0.4, 0.5) is 15.2 Å². The molecule has 34 heavy (non-hydrogen) atoms. The summed E-state index contributed by atoms with van der Waals surface area (Å²) in [4.78, 5) is 31.5. The van der Waals surface area contributed by atoms with E-state index in [0.717, 1.165) is 21.0 Å². The van der Waals surface area contributed by atoms with Crippen LogP contribution in [0.15, 0.2) is 83.8 Å². The smallest absolute Gasteiger partial charge is 0.255 e. The number of benzene rings is 3. The fraction of sp³-hybridized carbons (Fsp3) is 0.115. The molecule has 4 aromatic rings. The van der Waals surface area contributed by atoms with Gasteiger partial charge in [-0.2, -0.15) is 0 Å². The number of carbonyl (C=O) groups is 2. The summed E-state index contributed by atoms with van der Waals surface area (Å²) in [6, 6.07) is 22.5. The van der Waals surface area contributed by atoms with Crippen LogP contribution in [-0.2, 0) is 4.79 Å². The Kier molecular flexibility index (Phi) is 7.40. The van der Waals surface area contributed by atoms with Crippen molar-refractivity contribution in [3.8, 4) is 11.3 Å². The minimum Gasteiger partial charge on any atom is -0.322 e. The lowest BCUT2D eigenvalue weighted by Crippen LogP contribution is -2.22. The van der Waals surface area contributed by atoms with E-state index in [9.17, 15) is 14.0 Å². The summed E-state index contributed by atoms with van der Waals surface area (Å²) in [5.41, 5.74) is 2.88. The number of thiazole rings is 1. The highest BCUT2D eigenvalue weighted by Gasteiger charge is 2.18. The number of hydrogen-bond acceptors (Lipinski definition) is 5. The Bertz CT molecular complexity index is 1290. The number of thioether (sulfide) groups is 1. The van der Waals surface area contributed by atoms with E-state index in [1.807, 2.05) is 56.3 Å². The van der Waals surface area contributed by atoms with Gasteiger partial charge in [-0.25, -0.2) is 9.37 Å². The number of anilines is 2. The molecule has 172 valence electrons. The van der Waals surface area contributed by atoms with Gasteiger partial charge in [-0.15, -0.1) is 23.1 Å². The van der Waals surface area contributed by atoms with Gasteiger partial charge in [-0.05, 0) is 62.4 Å². The second-order valence-corrected chi connectivity index (χ2v) is 10.1. The first-order valence-electron chi connectivity index (χ1n) is 10.6. The van der Waals surface area contributed by atoms with Crippen LogP contribution in [0.3, 0.4) is 0 Å². The third-order valence-corrected chi connectivity index (χ3v) is 6.97. The molecular formula is C26H22FN3O2S2. The fourth-order valence-corrected chi connectivity index (χ4v) is 4.91. The number of nitrogens with one attached hydrogen (secondary N) is 2. The molecule has 2 N–H and O–H groups in total. The number of aryl methyl sites for hydroxylation is 1. The van der Waals surface area contributed by atoms with Gasteiger partial charge in [-0.1, -0.05) is 30.3 Å². The molecule has 0 bridgehead atoms. The number of aromatic nitrogens is 1. The van der Waals surface area contributed by atoms with E-state index in [-0.39, 0.29) is 17.1 Å². The van der Waals surface area contributed by atoms with E-state index in [0.29, 0.717) is 16.4 Å². The summed E-state index contributed by atoms with van der Waals surface area (Å²) in [5.74, 6) is -0.841. The van der Waals surface area contributed by atoms with Gasteiger partial charge in [-0.3, -0.25) is 9.59 Å². The van der Waals surface area contributed by atoms with Gasteiger partial charge in [0.05, 0.1) is 10.9 Å². The van der Waals surface area contributed by atoms with E-state index in [2.05, 4.69) is 15.6 Å². The van der Waals surface area contributed by atoms with Gasteiger partial charge in [0.25, 0.3) is 5.91 Å². The molecule has 1 unspecified atom stereocenters. The van der Waals surface area contributed by atoms with E-state index < -0.39 is 5.82 Å². The lowest BCUT2D eigenvalue weighted by Gasteiger charge is -2.11. The van der Waals surface area contributed by atoms with Crippen molar-refractivity contribution in [1.29, 1.82) is 0 Å². The molecule has 0 saturated heterocycles. The Balaban J connectivity index is 1.33. The number of hydrogen-bond donors (Lipinski definition) is 2. The highest BCUT2D eigenvalue weighted by molar-refractivity contribution is 8.00. The molecule has 8 heteroatoms. The molecule has 0 aliphatic carbocycles. The summed E-state index contributed by atoms with van der Waals surface area (Å²) in [6.07, 6.45) is 0. The first-order chi connectivity index (χ1) is 16.4. The third kappa shape index (κ3) is 5.89. The Hall–Kier alpha value is -3.49. The molecule has 1 atom stereocenters. The Labute approximate surface area is 205 Å². The van der Waals surface area contributed by atoms with Crippen molar-refractivity contribution in [1.82, 2.24) is 4.98 Å². The van der Waals surface area contributed by atoms with Crippen molar-refractivity contribution in [2.24, 2.45) is 0 Å². The van der Waals surface area contributed by atoms with E-state index in [1.165, 1.54) is 47.4 Å². The van der Waals surface area contributed by atoms with Crippen LogP contribution in [0.5, 0.6) is 0 Å². The van der Waals surface area contributed by atoms with Gasteiger partial charge in [0.1, 0.15) is 5.82 Å². The summed E-state index contributed by atoms with van der Waals surface area (Å²) in [5, 5.41) is 5.93. The highest BCUT2D eigenvalue weighted by atomic mass is 32.2. The average molecular weight is 492 g/mol. The number of rotatable bonds is 7. The van der Waals surface area contributed by atoms with Gasteiger partial charge in [0.2, 0.25) is 5.91 Å². The van der Waals surface area contributed by atoms with Gasteiger partial charge >= 0.3 is 0 Å². The number of nitrogens with zero attached hydrogens (tertiary/aromatic N) is 1. The van der Waals surface area contributed by atoms with Crippen LogP contribution in [0.1, 0.15) is 22.2 Å². The highest BCUT2D eigenvalue weighted by Crippen LogP contribution is 2.31. The van der Waals surface area contributed by atoms with E-state index in [1.54, 1.807) is 12.1 Å². The third-order valence-electron chi connectivity index (χ3n) is 4.97. The molecule has 0 aliphatic heterocycles. The van der Waals surface area contributed by atoms with Crippen LogP contribution in [0, 0.1) is 12.7 Å². The van der Waals surface area contributed by atoms with Crippen molar-refractivity contribution in [2.45, 2.75) is 24.0 Å². The Morgan fingerprint density at radius 3 is 2.29 bits per heavy atom. The maximum atomic E-state index is 13.0. The summed E-state index contributed by atoms with van der Waals surface area (Å²) < 4.78 is 13.0. The van der Waals surface area contributed by atoms with Crippen LogP contribution in [0.2, 0.25) is 0 Å². The largest absolute Gasteiger partial charge is 0.322 e. The normalized spacial score (nSPS) is 11.6. The Morgan fingerprint density at radius 2 is 1.62 bits per heavy atom. The topological polar surface area (TPSA) is 71.1 Å². The molecule has 0 saturated carbocycles. The summed E-state index contributed by atoms with van der Waals surface area (Å²) in [7, 11) is 0. The molecule has 0 spiro atoms. The van der Waals surface area contributed by atoms with Crippen LogP contribution in [-0.4, -0.2) is 22.0 Å². The van der Waals surface area contributed by atoms with Crippen molar-refractivity contribution in [3.05, 3.63) is 95.1 Å². The lowest BCUT2D eigenvalue weighted by atomic mass is 10.1. The van der Waals surface area contributed by atoms with Crippen molar-refractivity contribution in [3.63, 3.8) is 0 Å². The Morgan fingerprint density at radius 1 is 0.941 bits per heavy atom. The number of amides is 2. The minimum absolute atomic E-state index is 0.132. The van der Waals surface area contributed by atoms with Crippen LogP contribution < -0.4 is 10.6 Å². The summed E-state index contributed by atoms with van der Waals surface area (Å²) in [6.45, 7) is 3.83. The second kappa shape index (κ2) is 10.6.